The van der Waals surface area contributed by atoms with Crippen LogP contribution in [0.4, 0.5) is 21.2 Å². The van der Waals surface area contributed by atoms with Gasteiger partial charge in [-0.3, -0.25) is 29.5 Å². The minimum Gasteiger partial charge on any atom is -0.466 e. The van der Waals surface area contributed by atoms with E-state index >= 15 is 0 Å². The third kappa shape index (κ3) is 23.2. The van der Waals surface area contributed by atoms with E-state index in [1.54, 1.807) is 41.5 Å². The number of benzene rings is 2. The zero-order valence-corrected chi connectivity index (χ0v) is 41.3. The van der Waals surface area contributed by atoms with Gasteiger partial charge in [-0.1, -0.05) is 60.1 Å². The van der Waals surface area contributed by atoms with E-state index < -0.39 is 41.4 Å². The Bertz CT molecular complexity index is 2180. The van der Waals surface area contributed by atoms with Crippen molar-refractivity contribution in [3.8, 4) is 11.1 Å². The molecule has 1 heterocycles. The number of nitrogen functional groups attached to an aromatic ring is 2. The van der Waals surface area contributed by atoms with E-state index in [0.29, 0.717) is 71.1 Å². The van der Waals surface area contributed by atoms with Crippen molar-refractivity contribution in [3.05, 3.63) is 70.5 Å². The molecule has 0 spiro atoms. The molecule has 0 fully saturated rings. The van der Waals surface area contributed by atoms with Crippen LogP contribution < -0.4 is 43.8 Å². The molecular weight excluding hydrogens is 910 g/mol. The molecule has 0 aliphatic carbocycles. The van der Waals surface area contributed by atoms with Crippen molar-refractivity contribution in [2.45, 2.75) is 135 Å². The van der Waals surface area contributed by atoms with E-state index in [2.05, 4.69) is 65.8 Å². The Morgan fingerprint density at radius 3 is 1.91 bits per heavy atom. The van der Waals surface area contributed by atoms with Crippen molar-refractivity contribution in [3.63, 3.8) is 0 Å². The summed E-state index contributed by atoms with van der Waals surface area (Å²) in [6, 6.07) is 15.1. The van der Waals surface area contributed by atoms with Gasteiger partial charge < -0.3 is 52.7 Å². The van der Waals surface area contributed by atoms with Crippen LogP contribution in [0.2, 0.25) is 5.15 Å². The molecule has 0 saturated heterocycles. The van der Waals surface area contributed by atoms with Gasteiger partial charge in [0.2, 0.25) is 11.8 Å². The quantitative estimate of drug-likeness (QED) is 0.0162. The van der Waals surface area contributed by atoms with E-state index in [-0.39, 0.29) is 53.3 Å². The predicted molar refractivity (Wildman–Crippen MR) is 265 cm³/mol. The number of nitrogens with two attached hydrogens (primary N) is 3. The number of nitrogens with zero attached hydrogens (tertiary/aromatic N) is 3. The molecular formula is C48H70ClN11O9. The number of carbonyl (C=O) groups is 6. The Hall–Kier alpha value is -6.70. The van der Waals surface area contributed by atoms with E-state index in [4.69, 9.17) is 43.0 Å². The van der Waals surface area contributed by atoms with Crippen LogP contribution in [0.25, 0.3) is 11.1 Å². The highest BCUT2D eigenvalue weighted by Gasteiger charge is 2.25. The minimum absolute atomic E-state index is 0.0146. The Labute approximate surface area is 409 Å². The SMILES string of the molecule is CC(C)(C)OC(=O)NCCCC[C@H](NC(=O)OC(C)(C)C)C(=O)NCCCC[C@@H](COC=O)NC(=O)CCc1ccc(-c2ccc(CCCCN=C(N)NC(=O)c3nc(Cl)c(N)nc3N)cc2)cc1. The number of guanidine groups is 1. The van der Waals surface area contributed by atoms with Gasteiger partial charge in [-0.05, 0) is 128 Å². The molecule has 2 atom stereocenters. The highest BCUT2D eigenvalue weighted by molar-refractivity contribution is 6.31. The van der Waals surface area contributed by atoms with Gasteiger partial charge in [0.25, 0.3) is 12.4 Å². The number of amides is 5. The summed E-state index contributed by atoms with van der Waals surface area (Å²) in [6.45, 7) is 12.0. The smallest absolute Gasteiger partial charge is 0.408 e. The molecule has 0 unspecified atom stereocenters. The molecule has 0 aliphatic heterocycles. The van der Waals surface area contributed by atoms with Gasteiger partial charge >= 0.3 is 12.2 Å². The molecule has 11 N–H and O–H groups in total. The normalized spacial score (nSPS) is 12.5. The fourth-order valence-corrected chi connectivity index (χ4v) is 6.78. The monoisotopic (exact) mass is 980 g/mol. The van der Waals surface area contributed by atoms with E-state index in [9.17, 15) is 28.8 Å². The maximum Gasteiger partial charge on any atom is 0.408 e. The Morgan fingerprint density at radius 2 is 1.30 bits per heavy atom. The van der Waals surface area contributed by atoms with E-state index in [1.165, 1.54) is 5.56 Å². The second-order valence-electron chi connectivity index (χ2n) is 18.3. The van der Waals surface area contributed by atoms with Crippen LogP contribution in [0.3, 0.4) is 0 Å². The molecule has 5 amide bonds. The highest BCUT2D eigenvalue weighted by Crippen LogP contribution is 2.22. The fraction of sp³-hybridized carbons (Fsp3) is 0.521. The van der Waals surface area contributed by atoms with Crippen molar-refractivity contribution in [1.29, 1.82) is 0 Å². The Balaban J connectivity index is 1.38. The largest absolute Gasteiger partial charge is 0.466 e. The molecule has 0 radical (unpaired) electrons. The second kappa shape index (κ2) is 28.6. The van der Waals surface area contributed by atoms with Gasteiger partial charge in [0, 0.05) is 26.1 Å². The number of anilines is 2. The molecule has 3 rings (SSSR count). The number of alkyl carbamates (subject to hydrolysis) is 2. The number of carbonyl (C=O) groups excluding carboxylic acids is 6. The van der Waals surface area contributed by atoms with Crippen LogP contribution in [0.5, 0.6) is 0 Å². The number of hydrogen-bond acceptors (Lipinski definition) is 14. The van der Waals surface area contributed by atoms with Crippen molar-refractivity contribution < 1.29 is 43.0 Å². The molecule has 0 aliphatic rings. The molecule has 20 nitrogen and oxygen atoms in total. The number of aromatic nitrogens is 2. The molecule has 0 saturated carbocycles. The lowest BCUT2D eigenvalue weighted by Crippen LogP contribution is -2.48. The number of hydrogen-bond donors (Lipinski definition) is 8. The van der Waals surface area contributed by atoms with Gasteiger partial charge in [0.15, 0.2) is 28.4 Å². The van der Waals surface area contributed by atoms with Gasteiger partial charge in [0.05, 0.1) is 6.04 Å². The summed E-state index contributed by atoms with van der Waals surface area (Å²) >= 11 is 5.84. The number of unbranched alkanes of at least 4 members (excludes halogenated alkanes) is 3. The van der Waals surface area contributed by atoms with Crippen molar-refractivity contribution in [2.75, 3.05) is 37.7 Å². The molecule has 2 aromatic carbocycles. The topological polar surface area (TPSA) is 306 Å². The summed E-state index contributed by atoms with van der Waals surface area (Å²) in [4.78, 5) is 85.9. The zero-order chi connectivity index (χ0) is 51.0. The summed E-state index contributed by atoms with van der Waals surface area (Å²) in [5.74, 6) is -1.57. The lowest BCUT2D eigenvalue weighted by atomic mass is 9.99. The Morgan fingerprint density at radius 1 is 0.725 bits per heavy atom. The van der Waals surface area contributed by atoms with Crippen LogP contribution >= 0.6 is 11.6 Å². The Kier molecular flexibility index (Phi) is 23.5. The number of nitrogens with one attached hydrogen (secondary N) is 5. The maximum atomic E-state index is 13.2. The van der Waals surface area contributed by atoms with Crippen LogP contribution in [-0.4, -0.2) is 102 Å². The lowest BCUT2D eigenvalue weighted by Gasteiger charge is -2.23. The lowest BCUT2D eigenvalue weighted by molar-refractivity contribution is -0.131. The van der Waals surface area contributed by atoms with E-state index in [0.717, 1.165) is 36.0 Å². The summed E-state index contributed by atoms with van der Waals surface area (Å²) in [6.07, 6.45) is 5.04. The highest BCUT2D eigenvalue weighted by atomic mass is 35.5. The van der Waals surface area contributed by atoms with Gasteiger partial charge in [-0.15, -0.1) is 0 Å². The fourth-order valence-electron chi connectivity index (χ4n) is 6.65. The summed E-state index contributed by atoms with van der Waals surface area (Å²) < 4.78 is 15.6. The first-order chi connectivity index (χ1) is 32.6. The number of aliphatic imine (C=N–C) groups is 1. The first-order valence-corrected chi connectivity index (χ1v) is 23.5. The summed E-state index contributed by atoms with van der Waals surface area (Å²) in [5.41, 5.74) is 19.8. The molecule has 21 heteroatoms. The van der Waals surface area contributed by atoms with Crippen molar-refractivity contribution in [2.24, 2.45) is 10.7 Å². The van der Waals surface area contributed by atoms with Gasteiger partial charge in [-0.2, -0.15) is 0 Å². The number of rotatable bonds is 26. The number of aryl methyl sites for hydroxylation is 2. The van der Waals surface area contributed by atoms with E-state index in [1.807, 2.05) is 24.3 Å². The van der Waals surface area contributed by atoms with Crippen molar-refractivity contribution in [1.82, 2.24) is 36.6 Å². The minimum atomic E-state index is -0.854. The van der Waals surface area contributed by atoms with Crippen LogP contribution in [0.1, 0.15) is 121 Å². The van der Waals surface area contributed by atoms with Gasteiger partial charge in [-0.25, -0.2) is 19.6 Å². The third-order valence-corrected chi connectivity index (χ3v) is 10.3. The van der Waals surface area contributed by atoms with Crippen molar-refractivity contribution >= 4 is 65.6 Å². The molecule has 378 valence electrons. The third-order valence-electron chi connectivity index (χ3n) is 10.0. The molecule has 69 heavy (non-hydrogen) atoms. The summed E-state index contributed by atoms with van der Waals surface area (Å²) in [7, 11) is 0. The molecule has 1 aromatic heterocycles. The first-order valence-electron chi connectivity index (χ1n) is 23.1. The predicted octanol–water partition coefficient (Wildman–Crippen LogP) is 5.49. The average molecular weight is 981 g/mol. The average Bonchev–Trinajstić information content (AvgIpc) is 3.26. The zero-order valence-electron chi connectivity index (χ0n) is 40.6. The number of ether oxygens (including phenoxy) is 3. The van der Waals surface area contributed by atoms with Crippen LogP contribution in [0, 0.1) is 0 Å². The second-order valence-corrected chi connectivity index (χ2v) is 18.7. The first kappa shape index (κ1) is 56.6. The molecule has 3 aromatic rings. The standard InChI is InChI=1S/C48H70ClN11O9/c1-47(2,3)68-45(65)55-28-12-9-15-36(57-46(66)69-48(4,5)6)42(63)53-26-11-8-14-35(29-67-30-61)56-37(62)25-20-32-18-23-34(24-19-32)33-21-16-31(17-22-33)13-7-10-27-54-44(52)60-43(64)38-40(50)59-41(51)39(49)58-38/h16-19,21-24,30,35-36H,7-15,20,25-29H2,1-6H3,(H,53,63)(H,55,65)(H,56,62)(H,57,66)(H4,50,51,59)(H3,52,54,60,64)/t35-,36-/m0/s1. The van der Waals surface area contributed by atoms with Gasteiger partial charge in [0.1, 0.15) is 23.9 Å². The molecule has 0 bridgehead atoms. The maximum absolute atomic E-state index is 13.2. The van der Waals surface area contributed by atoms with Crippen LogP contribution in [0.15, 0.2) is 53.5 Å². The number of halogens is 1. The summed E-state index contributed by atoms with van der Waals surface area (Å²) in [5, 5.41) is 13.5. The van der Waals surface area contributed by atoms with Crippen LogP contribution in [-0.2, 0) is 41.4 Å².